The predicted molar refractivity (Wildman–Crippen MR) is 159 cm³/mol. The number of β-lactam (4-membered cyclic amide) rings is 1. The minimum absolute atomic E-state index is 0.0161. The zero-order valence-electron chi connectivity index (χ0n) is 24.5. The molecule has 2 N–H and O–H groups in total. The van der Waals surface area contributed by atoms with Gasteiger partial charge < -0.3 is 25.1 Å². The Morgan fingerprint density at radius 3 is 2.36 bits per heavy atom. The quantitative estimate of drug-likeness (QED) is 0.144. The number of ether oxygens (including phenoxy) is 1. The predicted octanol–water partition coefficient (Wildman–Crippen LogP) is 2.39. The van der Waals surface area contributed by atoms with E-state index >= 15 is 0 Å². The van der Waals surface area contributed by atoms with Crippen LogP contribution in [-0.2, 0) is 35.1 Å². The van der Waals surface area contributed by atoms with Crippen LogP contribution < -0.4 is 5.73 Å². The first-order valence-corrected chi connectivity index (χ1v) is 14.5. The van der Waals surface area contributed by atoms with Crippen LogP contribution in [0.15, 0.2) is 42.5 Å². The van der Waals surface area contributed by atoms with Gasteiger partial charge in [-0.05, 0) is 49.9 Å². The van der Waals surface area contributed by atoms with E-state index in [1.165, 1.54) is 23.8 Å². The van der Waals surface area contributed by atoms with Gasteiger partial charge >= 0.3 is 5.97 Å². The number of rotatable bonds is 10. The van der Waals surface area contributed by atoms with Crippen molar-refractivity contribution in [3.05, 3.63) is 70.3 Å². The zero-order valence-corrected chi connectivity index (χ0v) is 25.4. The Kier molecular flexibility index (Phi) is 10.8. The Balaban J connectivity index is 0.000000236. The molecular formula is C31H37N3O7S. The summed E-state index contributed by atoms with van der Waals surface area (Å²) >= 11 is 1.21. The molecule has 2 aliphatic rings. The summed E-state index contributed by atoms with van der Waals surface area (Å²) in [6.45, 7) is 7.88. The van der Waals surface area contributed by atoms with Crippen LogP contribution in [0.5, 0.6) is 0 Å². The van der Waals surface area contributed by atoms with Gasteiger partial charge in [0.05, 0.1) is 31.5 Å². The summed E-state index contributed by atoms with van der Waals surface area (Å²) < 4.78 is 4.70. The number of hydrogen-bond acceptors (Lipinski definition) is 9. The molecule has 0 aliphatic carbocycles. The fraction of sp³-hybridized carbons (Fsp3) is 0.419. The molecule has 2 heterocycles. The number of carbonyl (C=O) groups excluding carboxylic acids is 6. The number of ketones is 2. The first-order valence-electron chi connectivity index (χ1n) is 13.6. The third kappa shape index (κ3) is 6.96. The van der Waals surface area contributed by atoms with Crippen molar-refractivity contribution in [2.75, 3.05) is 26.7 Å². The topological polar surface area (TPSA) is 144 Å². The average Bonchev–Trinajstić information content (AvgIpc) is 3.31. The van der Waals surface area contributed by atoms with Crippen LogP contribution in [-0.4, -0.2) is 82.4 Å². The van der Waals surface area contributed by atoms with E-state index < -0.39 is 28.4 Å². The Bertz CT molecular complexity index is 1380. The summed E-state index contributed by atoms with van der Waals surface area (Å²) in [4.78, 5) is 72.4. The summed E-state index contributed by atoms with van der Waals surface area (Å²) in [7, 11) is 1.27. The summed E-state index contributed by atoms with van der Waals surface area (Å²) in [6, 6.07) is 12.9. The second-order valence-electron chi connectivity index (χ2n) is 10.4. The molecule has 2 aromatic rings. The SMILES string of the molecule is CCN(CC=O)C(=O)C(=O)c1ccc(C)c(C)c1C.COC(=O)[C@@]1(N)CN2C(=O)[C@@H](CC(=O)Cc3ccccc3)C2S1. The molecule has 2 aliphatic heterocycles. The highest BCUT2D eigenvalue weighted by Crippen LogP contribution is 2.48. The Morgan fingerprint density at radius 2 is 1.76 bits per heavy atom. The number of benzene rings is 2. The number of likely N-dealkylation sites (N-methyl/N-ethyl adjacent to an activating group) is 1. The number of esters is 1. The highest BCUT2D eigenvalue weighted by molar-refractivity contribution is 8.02. The number of Topliss-reactive ketones (excluding diaryl/α,β-unsaturated/α-hetero) is 2. The van der Waals surface area contributed by atoms with E-state index in [9.17, 15) is 28.8 Å². The maximum absolute atomic E-state index is 12.2. The average molecular weight is 596 g/mol. The van der Waals surface area contributed by atoms with Gasteiger partial charge in [0.1, 0.15) is 12.1 Å². The van der Waals surface area contributed by atoms with E-state index in [1.54, 1.807) is 17.9 Å². The van der Waals surface area contributed by atoms with Gasteiger partial charge in [0.25, 0.3) is 11.7 Å². The number of aldehydes is 1. The van der Waals surface area contributed by atoms with Crippen molar-refractivity contribution < 1.29 is 33.5 Å². The first-order chi connectivity index (χ1) is 19.9. The second kappa shape index (κ2) is 13.9. The van der Waals surface area contributed by atoms with Crippen molar-refractivity contribution in [1.29, 1.82) is 0 Å². The summed E-state index contributed by atoms with van der Waals surface area (Å²) in [5.74, 6) is -2.21. The molecule has 224 valence electrons. The van der Waals surface area contributed by atoms with Gasteiger partial charge in [-0.25, -0.2) is 4.79 Å². The minimum atomic E-state index is -1.23. The summed E-state index contributed by atoms with van der Waals surface area (Å²) in [5, 5.41) is -0.216. The lowest BCUT2D eigenvalue weighted by molar-refractivity contribution is -0.153. The number of carbonyl (C=O) groups is 6. The Morgan fingerprint density at radius 1 is 1.10 bits per heavy atom. The van der Waals surface area contributed by atoms with E-state index in [0.717, 1.165) is 22.3 Å². The molecule has 0 saturated carbocycles. The number of amides is 2. The van der Waals surface area contributed by atoms with Gasteiger partial charge in [-0.15, -0.1) is 11.8 Å². The van der Waals surface area contributed by atoms with Crippen molar-refractivity contribution in [1.82, 2.24) is 9.80 Å². The standard InChI is InChI=1S/C16H18N2O4S.C15H19NO3/c1-22-15(21)16(17)9-18-13(20)12(14(18)23-16)8-11(19)7-10-5-3-2-4-6-10;1-5-16(8-9-17)15(19)14(18)13-7-6-10(2)11(3)12(13)4/h2-6,12,14H,7-9,17H2,1H3;6-7,9H,5,8H2,1-4H3/t12-,14?,16-;/m1./s1. The highest BCUT2D eigenvalue weighted by atomic mass is 32.2. The lowest BCUT2D eigenvalue weighted by Gasteiger charge is -2.41. The molecule has 3 atom stereocenters. The monoisotopic (exact) mass is 595 g/mol. The number of thioether (sulfide) groups is 1. The molecule has 2 saturated heterocycles. The fourth-order valence-corrected chi connectivity index (χ4v) is 6.44. The van der Waals surface area contributed by atoms with Gasteiger partial charge in [-0.2, -0.15) is 0 Å². The van der Waals surface area contributed by atoms with Crippen molar-refractivity contribution in [2.45, 2.75) is 50.8 Å². The molecule has 4 rings (SSSR count). The molecule has 0 radical (unpaired) electrons. The zero-order chi connectivity index (χ0) is 31.2. The van der Waals surface area contributed by atoms with Crippen LogP contribution in [0.25, 0.3) is 0 Å². The van der Waals surface area contributed by atoms with Crippen LogP contribution in [0.2, 0.25) is 0 Å². The molecule has 11 heteroatoms. The molecule has 10 nitrogen and oxygen atoms in total. The van der Waals surface area contributed by atoms with Gasteiger partial charge in [0.2, 0.25) is 5.91 Å². The third-order valence-electron chi connectivity index (χ3n) is 7.67. The first kappa shape index (κ1) is 32.7. The van der Waals surface area contributed by atoms with Crippen molar-refractivity contribution in [3.63, 3.8) is 0 Å². The van der Waals surface area contributed by atoms with Gasteiger partial charge in [-0.3, -0.25) is 19.2 Å². The second-order valence-corrected chi connectivity index (χ2v) is 11.8. The van der Waals surface area contributed by atoms with Crippen LogP contribution in [0.4, 0.5) is 0 Å². The third-order valence-corrected chi connectivity index (χ3v) is 9.21. The number of fused-ring (bicyclic) bond motifs is 1. The molecule has 1 unspecified atom stereocenters. The number of nitrogens with zero attached hydrogens (tertiary/aromatic N) is 2. The van der Waals surface area contributed by atoms with Crippen LogP contribution in [0.3, 0.4) is 0 Å². The summed E-state index contributed by atoms with van der Waals surface area (Å²) in [5.41, 5.74) is 10.3. The minimum Gasteiger partial charge on any atom is -0.467 e. The molecule has 42 heavy (non-hydrogen) atoms. The fourth-order valence-electron chi connectivity index (χ4n) is 4.94. The summed E-state index contributed by atoms with van der Waals surface area (Å²) in [6.07, 6.45) is 1.12. The van der Waals surface area contributed by atoms with Gasteiger partial charge in [0, 0.05) is 24.9 Å². The lowest BCUT2D eigenvalue weighted by atomic mass is 9.90. The molecule has 2 aromatic carbocycles. The molecule has 0 spiro atoms. The van der Waals surface area contributed by atoms with E-state index in [1.807, 2.05) is 57.2 Å². The van der Waals surface area contributed by atoms with Crippen LogP contribution in [0.1, 0.15) is 46.0 Å². The maximum atomic E-state index is 12.2. The normalized spacial score (nSPS) is 20.4. The lowest BCUT2D eigenvalue weighted by Crippen LogP contribution is -2.58. The molecule has 0 bridgehead atoms. The van der Waals surface area contributed by atoms with Crippen LogP contribution in [0, 0.1) is 26.7 Å². The largest absolute Gasteiger partial charge is 0.467 e. The molecule has 0 aromatic heterocycles. The van der Waals surface area contributed by atoms with E-state index in [4.69, 9.17) is 10.5 Å². The van der Waals surface area contributed by atoms with E-state index in [2.05, 4.69) is 0 Å². The van der Waals surface area contributed by atoms with Crippen molar-refractivity contribution >= 4 is 47.4 Å². The number of hydrogen-bond donors (Lipinski definition) is 1. The van der Waals surface area contributed by atoms with Crippen molar-refractivity contribution in [3.8, 4) is 0 Å². The van der Waals surface area contributed by atoms with Gasteiger partial charge in [-0.1, -0.05) is 42.5 Å². The Hall–Kier alpha value is -3.83. The molecule has 2 amide bonds. The Labute approximate surface area is 249 Å². The maximum Gasteiger partial charge on any atom is 0.338 e. The number of methoxy groups -OCH3 is 1. The smallest absolute Gasteiger partial charge is 0.338 e. The number of nitrogens with two attached hydrogens (primary N) is 1. The van der Waals surface area contributed by atoms with Gasteiger partial charge in [0.15, 0.2) is 4.87 Å². The van der Waals surface area contributed by atoms with E-state index in [0.29, 0.717) is 24.8 Å². The van der Waals surface area contributed by atoms with Crippen LogP contribution >= 0.6 is 11.8 Å². The molecular weight excluding hydrogens is 558 g/mol. The highest BCUT2D eigenvalue weighted by Gasteiger charge is 2.60. The van der Waals surface area contributed by atoms with E-state index in [-0.39, 0.29) is 36.6 Å². The molecule has 2 fully saturated rings. The van der Waals surface area contributed by atoms with Crippen molar-refractivity contribution in [2.24, 2.45) is 11.7 Å². The number of aryl methyl sites for hydroxylation is 1.